The average molecular weight is 397 g/mol. The maximum atomic E-state index is 13.0. The highest BCUT2D eigenvalue weighted by atomic mass is 32.1. The lowest BCUT2D eigenvalue weighted by Crippen LogP contribution is -2.54. The maximum absolute atomic E-state index is 13.0. The molecular weight excluding hydrogens is 378 g/mol. The third-order valence-electron chi connectivity index (χ3n) is 4.62. The van der Waals surface area contributed by atoms with E-state index in [1.54, 1.807) is 18.2 Å². The van der Waals surface area contributed by atoms with Crippen LogP contribution in [-0.4, -0.2) is 43.2 Å². The highest BCUT2D eigenvalue weighted by Crippen LogP contribution is 2.25. The Kier molecular flexibility index (Phi) is 4.97. The number of morpholine rings is 1. The topological polar surface area (TPSA) is 75.0 Å². The van der Waals surface area contributed by atoms with E-state index in [0.29, 0.717) is 30.5 Å². The summed E-state index contributed by atoms with van der Waals surface area (Å²) >= 11 is 5.21. The number of carbonyl (C=O) groups is 2. The number of rotatable bonds is 3. The van der Waals surface area contributed by atoms with Crippen LogP contribution >= 0.6 is 12.2 Å². The second kappa shape index (κ2) is 7.57. The Labute approximate surface area is 167 Å². The lowest BCUT2D eigenvalue weighted by atomic mass is 10.1. The van der Waals surface area contributed by atoms with Gasteiger partial charge >= 0.3 is 0 Å². The molecule has 2 aliphatic heterocycles. The molecule has 4 rings (SSSR count). The molecule has 2 fully saturated rings. The van der Waals surface area contributed by atoms with Gasteiger partial charge in [-0.1, -0.05) is 17.7 Å². The van der Waals surface area contributed by atoms with Crippen molar-refractivity contribution < 1.29 is 18.7 Å². The Morgan fingerprint density at radius 1 is 1.07 bits per heavy atom. The zero-order chi connectivity index (χ0) is 19.7. The molecule has 0 spiro atoms. The number of hydrogen-bond acceptors (Lipinski definition) is 6. The molecule has 2 amide bonds. The Bertz CT molecular complexity index is 958. The third-order valence-corrected chi connectivity index (χ3v) is 4.90. The van der Waals surface area contributed by atoms with E-state index in [0.717, 1.165) is 18.7 Å². The van der Waals surface area contributed by atoms with E-state index in [1.807, 2.05) is 25.1 Å². The van der Waals surface area contributed by atoms with Gasteiger partial charge in [0.2, 0.25) is 0 Å². The molecule has 2 aliphatic rings. The Balaban J connectivity index is 1.61. The van der Waals surface area contributed by atoms with Gasteiger partial charge in [0.15, 0.2) is 11.0 Å². The lowest BCUT2D eigenvalue weighted by molar-refractivity contribution is -0.122. The van der Waals surface area contributed by atoms with Gasteiger partial charge in [0, 0.05) is 19.2 Å². The number of furan rings is 1. The number of nitrogens with zero attached hydrogens (tertiary/aromatic N) is 2. The molecule has 8 heteroatoms. The predicted molar refractivity (Wildman–Crippen MR) is 109 cm³/mol. The van der Waals surface area contributed by atoms with Gasteiger partial charge in [-0.25, -0.2) is 0 Å². The Morgan fingerprint density at radius 3 is 2.50 bits per heavy atom. The summed E-state index contributed by atoms with van der Waals surface area (Å²) in [6.45, 7) is 4.70. The molecule has 1 N–H and O–H groups in total. The van der Waals surface area contributed by atoms with Gasteiger partial charge in [0.1, 0.15) is 11.3 Å². The van der Waals surface area contributed by atoms with Crippen LogP contribution in [0.3, 0.4) is 0 Å². The van der Waals surface area contributed by atoms with Crippen molar-refractivity contribution in [3.8, 4) is 0 Å². The van der Waals surface area contributed by atoms with Gasteiger partial charge in [0.05, 0.1) is 18.9 Å². The molecule has 2 aromatic rings. The van der Waals surface area contributed by atoms with E-state index < -0.39 is 11.8 Å². The lowest BCUT2D eigenvalue weighted by Gasteiger charge is -2.28. The average Bonchev–Trinajstić information content (AvgIpc) is 3.16. The first-order valence-corrected chi connectivity index (χ1v) is 9.34. The fourth-order valence-electron chi connectivity index (χ4n) is 3.10. The fraction of sp³-hybridized carbons (Fsp3) is 0.250. The number of carbonyl (C=O) groups excluding carboxylic acids is 2. The number of thiocarbonyl (C=S) groups is 1. The number of amides is 2. The molecule has 144 valence electrons. The molecule has 0 unspecified atom stereocenters. The molecule has 2 saturated heterocycles. The smallest absolute Gasteiger partial charge is 0.270 e. The van der Waals surface area contributed by atoms with Crippen molar-refractivity contribution in [1.82, 2.24) is 5.32 Å². The summed E-state index contributed by atoms with van der Waals surface area (Å²) in [5, 5.41) is 2.63. The van der Waals surface area contributed by atoms with Gasteiger partial charge in [-0.15, -0.1) is 0 Å². The van der Waals surface area contributed by atoms with Crippen molar-refractivity contribution in [2.45, 2.75) is 6.92 Å². The normalized spacial score (nSPS) is 19.3. The summed E-state index contributed by atoms with van der Waals surface area (Å²) in [4.78, 5) is 28.7. The SMILES string of the molecule is Cc1ccc(N2C(=O)/C(=C\c3ccc(N4CCOCC4)o3)C(=O)NC2=S)cc1. The number of anilines is 2. The van der Waals surface area contributed by atoms with Crippen molar-refractivity contribution in [3.63, 3.8) is 0 Å². The molecule has 0 saturated carbocycles. The summed E-state index contributed by atoms with van der Waals surface area (Å²) in [7, 11) is 0. The first-order valence-electron chi connectivity index (χ1n) is 8.93. The van der Waals surface area contributed by atoms with E-state index in [4.69, 9.17) is 21.4 Å². The van der Waals surface area contributed by atoms with Crippen LogP contribution in [0.5, 0.6) is 0 Å². The summed E-state index contributed by atoms with van der Waals surface area (Å²) in [5.41, 5.74) is 1.63. The maximum Gasteiger partial charge on any atom is 0.270 e. The van der Waals surface area contributed by atoms with Crippen LogP contribution in [0.15, 0.2) is 46.4 Å². The first-order chi connectivity index (χ1) is 13.5. The van der Waals surface area contributed by atoms with Crippen LogP contribution in [0.25, 0.3) is 6.08 Å². The van der Waals surface area contributed by atoms with Crippen LogP contribution in [0, 0.1) is 6.92 Å². The molecule has 0 radical (unpaired) electrons. The number of ether oxygens (including phenoxy) is 1. The summed E-state index contributed by atoms with van der Waals surface area (Å²) in [6.07, 6.45) is 1.45. The van der Waals surface area contributed by atoms with Crippen LogP contribution in [0.1, 0.15) is 11.3 Å². The molecule has 28 heavy (non-hydrogen) atoms. The van der Waals surface area contributed by atoms with Crippen molar-refractivity contribution in [2.24, 2.45) is 0 Å². The van der Waals surface area contributed by atoms with Crippen LogP contribution in [0.4, 0.5) is 11.6 Å². The molecular formula is C20H19N3O4S. The van der Waals surface area contributed by atoms with Crippen molar-refractivity contribution >= 4 is 46.8 Å². The second-order valence-electron chi connectivity index (χ2n) is 6.57. The molecule has 0 atom stereocenters. The summed E-state index contributed by atoms with van der Waals surface area (Å²) in [6, 6.07) is 10.9. The fourth-order valence-corrected chi connectivity index (χ4v) is 3.38. The van der Waals surface area contributed by atoms with Gasteiger partial charge in [-0.2, -0.15) is 0 Å². The summed E-state index contributed by atoms with van der Waals surface area (Å²) < 4.78 is 11.2. The van der Waals surface area contributed by atoms with E-state index >= 15 is 0 Å². The number of nitrogens with one attached hydrogen (secondary N) is 1. The minimum Gasteiger partial charge on any atom is -0.441 e. The van der Waals surface area contributed by atoms with E-state index in [-0.39, 0.29) is 10.7 Å². The third kappa shape index (κ3) is 3.56. The van der Waals surface area contributed by atoms with E-state index in [2.05, 4.69) is 10.2 Å². The number of hydrogen-bond donors (Lipinski definition) is 1. The van der Waals surface area contributed by atoms with Gasteiger partial charge in [0.25, 0.3) is 11.8 Å². The van der Waals surface area contributed by atoms with Gasteiger partial charge in [-0.05, 0) is 43.4 Å². The Morgan fingerprint density at radius 2 is 1.79 bits per heavy atom. The standard InChI is InChI=1S/C20H19N3O4S/c1-13-2-4-14(5-3-13)23-19(25)16(18(24)21-20(23)28)12-15-6-7-17(27-15)22-8-10-26-11-9-22/h2-7,12H,8-11H2,1H3,(H,21,24,28)/b16-12-. The zero-order valence-electron chi connectivity index (χ0n) is 15.3. The summed E-state index contributed by atoms with van der Waals surface area (Å²) in [5.74, 6) is 0.0889. The van der Waals surface area contributed by atoms with Crippen LogP contribution < -0.4 is 15.1 Å². The van der Waals surface area contributed by atoms with Gasteiger partial charge in [-0.3, -0.25) is 19.8 Å². The molecule has 3 heterocycles. The number of benzene rings is 1. The first kappa shape index (κ1) is 18.4. The second-order valence-corrected chi connectivity index (χ2v) is 6.96. The van der Waals surface area contributed by atoms with E-state index in [1.165, 1.54) is 11.0 Å². The highest BCUT2D eigenvalue weighted by molar-refractivity contribution is 7.80. The predicted octanol–water partition coefficient (Wildman–Crippen LogP) is 2.26. The molecule has 7 nitrogen and oxygen atoms in total. The van der Waals surface area contributed by atoms with Crippen molar-refractivity contribution in [1.29, 1.82) is 0 Å². The van der Waals surface area contributed by atoms with Crippen molar-refractivity contribution in [3.05, 3.63) is 53.3 Å². The molecule has 0 aliphatic carbocycles. The molecule has 1 aromatic heterocycles. The van der Waals surface area contributed by atoms with Gasteiger partial charge < -0.3 is 14.1 Å². The quantitative estimate of drug-likeness (QED) is 0.487. The number of aryl methyl sites for hydroxylation is 1. The zero-order valence-corrected chi connectivity index (χ0v) is 16.1. The Hall–Kier alpha value is -2.97. The molecule has 1 aromatic carbocycles. The largest absolute Gasteiger partial charge is 0.441 e. The minimum atomic E-state index is -0.539. The van der Waals surface area contributed by atoms with Crippen molar-refractivity contribution in [2.75, 3.05) is 36.1 Å². The van der Waals surface area contributed by atoms with Crippen LogP contribution in [-0.2, 0) is 14.3 Å². The minimum absolute atomic E-state index is 0.0305. The van der Waals surface area contributed by atoms with Crippen LogP contribution in [0.2, 0.25) is 0 Å². The highest BCUT2D eigenvalue weighted by Gasteiger charge is 2.34. The molecule has 0 bridgehead atoms. The van der Waals surface area contributed by atoms with E-state index in [9.17, 15) is 9.59 Å². The monoisotopic (exact) mass is 397 g/mol.